The third-order valence-electron chi connectivity index (χ3n) is 3.54. The fraction of sp³-hybridized carbons (Fsp3) is 0.235. The van der Waals surface area contributed by atoms with Gasteiger partial charge in [-0.3, -0.25) is 0 Å². The summed E-state index contributed by atoms with van der Waals surface area (Å²) < 4.78 is 13.3. The van der Waals surface area contributed by atoms with Crippen molar-refractivity contribution < 1.29 is 9.50 Å². The molecule has 5 heteroatoms. The third kappa shape index (κ3) is 3.84. The second-order valence-electron chi connectivity index (χ2n) is 5.38. The van der Waals surface area contributed by atoms with Gasteiger partial charge < -0.3 is 15.4 Å². The Bertz CT molecular complexity index is 688. The monoisotopic (exact) mass is 320 g/mol. The van der Waals surface area contributed by atoms with Crippen LogP contribution in [0, 0.1) is 11.2 Å². The average molecular weight is 321 g/mol. The fourth-order valence-electron chi connectivity index (χ4n) is 2.35. The van der Waals surface area contributed by atoms with Gasteiger partial charge in [-0.25, -0.2) is 4.39 Å². The molecule has 0 aliphatic rings. The van der Waals surface area contributed by atoms with Crippen LogP contribution in [0.2, 0.25) is 5.02 Å². The van der Waals surface area contributed by atoms with E-state index < -0.39 is 0 Å². The van der Waals surface area contributed by atoms with Gasteiger partial charge in [-0.15, -0.1) is 0 Å². The first kappa shape index (κ1) is 16.5. The summed E-state index contributed by atoms with van der Waals surface area (Å²) in [6.45, 7) is 0. The molecule has 0 bridgehead atoms. The first-order valence-corrected chi connectivity index (χ1v) is 7.24. The lowest BCUT2D eigenvalue weighted by Crippen LogP contribution is -2.23. The highest BCUT2D eigenvalue weighted by atomic mass is 35.5. The molecule has 2 rings (SSSR count). The molecule has 2 aromatic rings. The van der Waals surface area contributed by atoms with E-state index in [0.717, 1.165) is 0 Å². The summed E-state index contributed by atoms with van der Waals surface area (Å²) in [5.41, 5.74) is 1.49. The molecule has 0 saturated carbocycles. The van der Waals surface area contributed by atoms with E-state index in [1.54, 1.807) is 30.3 Å². The van der Waals surface area contributed by atoms with Crippen LogP contribution in [-0.4, -0.2) is 29.8 Å². The van der Waals surface area contributed by atoms with Gasteiger partial charge in [0.15, 0.2) is 0 Å². The van der Waals surface area contributed by atoms with E-state index in [9.17, 15) is 9.50 Å². The van der Waals surface area contributed by atoms with Gasteiger partial charge in [-0.2, -0.15) is 0 Å². The number of phenolic OH excluding ortho intramolecular Hbond substituents is 1. The molecule has 0 radical (unpaired) electrons. The first-order valence-electron chi connectivity index (χ1n) is 6.86. The Morgan fingerprint density at radius 3 is 2.64 bits per heavy atom. The third-order valence-corrected chi connectivity index (χ3v) is 3.78. The molecule has 1 unspecified atom stereocenters. The molecule has 0 fully saturated rings. The summed E-state index contributed by atoms with van der Waals surface area (Å²) in [5.74, 6) is -0.232. The second kappa shape index (κ2) is 6.90. The van der Waals surface area contributed by atoms with E-state index in [1.807, 2.05) is 19.0 Å². The Labute approximate surface area is 134 Å². The quantitative estimate of drug-likeness (QED) is 0.809. The van der Waals surface area contributed by atoms with Crippen LogP contribution in [0.1, 0.15) is 23.6 Å². The Hall–Kier alpha value is -1.91. The van der Waals surface area contributed by atoms with Crippen LogP contribution in [0.4, 0.5) is 4.39 Å². The molecule has 0 heterocycles. The highest BCUT2D eigenvalue weighted by molar-refractivity contribution is 6.30. The zero-order valence-electron chi connectivity index (χ0n) is 12.5. The van der Waals surface area contributed by atoms with Gasteiger partial charge in [0.05, 0.1) is 0 Å². The number of nitrogens with zero attached hydrogens (tertiary/aromatic N) is 1. The van der Waals surface area contributed by atoms with Gasteiger partial charge in [0, 0.05) is 28.8 Å². The van der Waals surface area contributed by atoms with E-state index in [-0.39, 0.29) is 17.6 Å². The second-order valence-corrected chi connectivity index (χ2v) is 5.81. The predicted molar refractivity (Wildman–Crippen MR) is 87.4 cm³/mol. The Balaban J connectivity index is 2.29. The normalized spacial score (nSPS) is 12.4. The van der Waals surface area contributed by atoms with Crippen molar-refractivity contribution in [3.05, 3.63) is 64.4 Å². The number of nitrogens with one attached hydrogen (secondary N) is 1. The number of hydrogen-bond acceptors (Lipinski definition) is 3. The minimum Gasteiger partial charge on any atom is -0.508 e. The molecule has 116 valence electrons. The number of phenols is 1. The van der Waals surface area contributed by atoms with Crippen LogP contribution in [0.5, 0.6) is 5.75 Å². The van der Waals surface area contributed by atoms with Crippen molar-refractivity contribution in [2.24, 2.45) is 0 Å². The van der Waals surface area contributed by atoms with E-state index in [4.69, 9.17) is 17.0 Å². The maximum absolute atomic E-state index is 13.3. The Kier molecular flexibility index (Phi) is 5.16. The SMILES string of the molecule is CN(C)C(CC(=N)c1cccc(F)c1)c1cc(Cl)ccc1O. The van der Waals surface area contributed by atoms with Gasteiger partial charge >= 0.3 is 0 Å². The fourth-order valence-corrected chi connectivity index (χ4v) is 2.53. The van der Waals surface area contributed by atoms with Crippen molar-refractivity contribution in [1.82, 2.24) is 4.90 Å². The first-order chi connectivity index (χ1) is 10.4. The van der Waals surface area contributed by atoms with Gasteiger partial charge in [0.25, 0.3) is 0 Å². The van der Waals surface area contributed by atoms with Crippen molar-refractivity contribution in [2.75, 3.05) is 14.1 Å². The zero-order valence-corrected chi connectivity index (χ0v) is 13.2. The lowest BCUT2D eigenvalue weighted by atomic mass is 9.96. The number of benzene rings is 2. The highest BCUT2D eigenvalue weighted by Gasteiger charge is 2.20. The number of halogens is 2. The van der Waals surface area contributed by atoms with Gasteiger partial charge in [0.1, 0.15) is 11.6 Å². The summed E-state index contributed by atoms with van der Waals surface area (Å²) in [7, 11) is 3.73. The number of hydrogen-bond donors (Lipinski definition) is 2. The minimum absolute atomic E-state index is 0.134. The van der Waals surface area contributed by atoms with Crippen LogP contribution in [0.15, 0.2) is 42.5 Å². The number of aromatic hydroxyl groups is 1. The van der Waals surface area contributed by atoms with Crippen LogP contribution in [-0.2, 0) is 0 Å². The molecular weight excluding hydrogens is 303 g/mol. The van der Waals surface area contributed by atoms with Crippen molar-refractivity contribution in [1.29, 1.82) is 5.41 Å². The van der Waals surface area contributed by atoms with Crippen molar-refractivity contribution >= 4 is 17.3 Å². The molecule has 2 aromatic carbocycles. The molecule has 0 spiro atoms. The molecule has 0 aromatic heterocycles. The topological polar surface area (TPSA) is 47.3 Å². The molecule has 0 amide bonds. The minimum atomic E-state index is -0.366. The summed E-state index contributed by atoms with van der Waals surface area (Å²) in [6, 6.07) is 10.6. The molecule has 3 nitrogen and oxygen atoms in total. The molecule has 0 aliphatic carbocycles. The summed E-state index contributed by atoms with van der Waals surface area (Å²) >= 11 is 6.01. The summed E-state index contributed by atoms with van der Waals surface area (Å²) in [6.07, 6.45) is 0.338. The standard InChI is InChI=1S/C17H18ClFN2O/c1-21(2)16(14-9-12(18)6-7-17(14)22)10-15(20)11-4-3-5-13(19)8-11/h3-9,16,20,22H,10H2,1-2H3. The van der Waals surface area contributed by atoms with Crippen LogP contribution in [0.25, 0.3) is 0 Å². The molecular formula is C17H18ClFN2O. The maximum atomic E-state index is 13.3. The summed E-state index contributed by atoms with van der Waals surface area (Å²) in [5, 5.41) is 18.8. The Morgan fingerprint density at radius 1 is 1.27 bits per heavy atom. The van der Waals surface area contributed by atoms with Gasteiger partial charge in [-0.05, 0) is 50.0 Å². The van der Waals surface area contributed by atoms with Crippen LogP contribution >= 0.6 is 11.6 Å². The van der Waals surface area contributed by atoms with Crippen molar-refractivity contribution in [3.8, 4) is 5.75 Å². The maximum Gasteiger partial charge on any atom is 0.123 e. The van der Waals surface area contributed by atoms with Crippen molar-refractivity contribution in [2.45, 2.75) is 12.5 Å². The van der Waals surface area contributed by atoms with E-state index in [1.165, 1.54) is 12.1 Å². The molecule has 1 atom stereocenters. The van der Waals surface area contributed by atoms with E-state index >= 15 is 0 Å². The van der Waals surface area contributed by atoms with Crippen molar-refractivity contribution in [3.63, 3.8) is 0 Å². The van der Waals surface area contributed by atoms with E-state index in [0.29, 0.717) is 28.3 Å². The zero-order chi connectivity index (χ0) is 16.3. The number of rotatable bonds is 5. The average Bonchev–Trinajstić information content (AvgIpc) is 2.47. The highest BCUT2D eigenvalue weighted by Crippen LogP contribution is 2.33. The molecule has 0 saturated heterocycles. The van der Waals surface area contributed by atoms with E-state index in [2.05, 4.69) is 0 Å². The summed E-state index contributed by atoms with van der Waals surface area (Å²) in [4.78, 5) is 1.90. The lowest BCUT2D eigenvalue weighted by Gasteiger charge is -2.26. The largest absolute Gasteiger partial charge is 0.508 e. The Morgan fingerprint density at radius 2 is 2.00 bits per heavy atom. The predicted octanol–water partition coefficient (Wildman–Crippen LogP) is 4.25. The molecule has 0 aliphatic heterocycles. The lowest BCUT2D eigenvalue weighted by molar-refractivity contribution is 0.298. The molecule has 22 heavy (non-hydrogen) atoms. The van der Waals surface area contributed by atoms with Gasteiger partial charge in [-0.1, -0.05) is 23.7 Å². The van der Waals surface area contributed by atoms with Crippen LogP contribution < -0.4 is 0 Å². The smallest absolute Gasteiger partial charge is 0.123 e. The molecule has 2 N–H and O–H groups in total. The van der Waals surface area contributed by atoms with Crippen LogP contribution in [0.3, 0.4) is 0 Å². The van der Waals surface area contributed by atoms with Gasteiger partial charge in [0.2, 0.25) is 0 Å².